The predicted octanol–water partition coefficient (Wildman–Crippen LogP) is 4.96. The van der Waals surface area contributed by atoms with E-state index in [2.05, 4.69) is 48.9 Å². The zero-order valence-electron chi connectivity index (χ0n) is 22.6. The molecule has 0 bridgehead atoms. The molecule has 1 aromatic carbocycles. The number of rotatable bonds is 10. The van der Waals surface area contributed by atoms with Crippen molar-refractivity contribution >= 4 is 23.1 Å². The first-order valence-electron chi connectivity index (χ1n) is 12.7. The van der Waals surface area contributed by atoms with E-state index in [1.54, 1.807) is 18.2 Å². The molecule has 0 saturated carbocycles. The normalized spacial score (nSPS) is 14.8. The number of nitrogens with zero attached hydrogens (tertiary/aromatic N) is 4. The van der Waals surface area contributed by atoms with Crippen LogP contribution in [-0.2, 0) is 6.18 Å². The molecule has 0 unspecified atom stereocenters. The van der Waals surface area contributed by atoms with Gasteiger partial charge >= 0.3 is 6.18 Å². The van der Waals surface area contributed by atoms with Crippen molar-refractivity contribution in [2.75, 3.05) is 32.6 Å². The fraction of sp³-hybridized carbons (Fsp3) is 0.286. The van der Waals surface area contributed by atoms with E-state index in [9.17, 15) is 18.0 Å². The van der Waals surface area contributed by atoms with Crippen LogP contribution >= 0.6 is 0 Å². The number of aromatic nitrogens is 4. The maximum absolute atomic E-state index is 13.8. The Morgan fingerprint density at radius 2 is 2.00 bits per heavy atom. The average Bonchev–Trinajstić information content (AvgIpc) is 3.48. The van der Waals surface area contributed by atoms with Crippen LogP contribution in [0.15, 0.2) is 67.7 Å². The Bertz CT molecular complexity index is 1430. The molecule has 3 aromatic rings. The van der Waals surface area contributed by atoms with Crippen LogP contribution in [0, 0.1) is 0 Å². The smallest absolute Gasteiger partial charge is 0.423 e. The molecule has 3 heterocycles. The van der Waals surface area contributed by atoms with Crippen molar-refractivity contribution in [1.29, 1.82) is 0 Å². The molecule has 0 radical (unpaired) electrons. The number of carbonyl (C=O) groups is 1. The average molecular weight is 570 g/mol. The molecule has 10 nitrogen and oxygen atoms in total. The number of nitrogens with one attached hydrogen (secondary N) is 3. The van der Waals surface area contributed by atoms with Crippen LogP contribution in [0.1, 0.15) is 34.5 Å². The van der Waals surface area contributed by atoms with Gasteiger partial charge in [0.2, 0.25) is 11.8 Å². The van der Waals surface area contributed by atoms with Gasteiger partial charge in [-0.2, -0.15) is 23.3 Å². The van der Waals surface area contributed by atoms with Crippen LogP contribution < -0.4 is 20.1 Å². The topological polar surface area (TPSA) is 117 Å². The number of aromatic amines is 1. The number of likely N-dealkylation sites (tertiary alicyclic amines) is 1. The standard InChI is InChI=1S/C28H30F3N7O3/c1-5-6-23(17(2)21-9-12-33-37-21)41-26-20(28(29,30)31)16-32-27(36-26)35-22-8-7-18(15-24(22)40-4)25(39)34-19-10-13-38(3)14-11-19/h5-9,12,15-16,19H,1-2,10-11,13-14H2,3-4H3,(H,33,37)(H,34,39)(H,32,35,36)/b23-6+. The highest BCUT2D eigenvalue weighted by Crippen LogP contribution is 2.38. The zero-order valence-corrected chi connectivity index (χ0v) is 22.6. The summed E-state index contributed by atoms with van der Waals surface area (Å²) in [4.78, 5) is 22.9. The minimum absolute atomic E-state index is 0.0306. The number of allylic oxidation sites excluding steroid dienone is 3. The van der Waals surface area contributed by atoms with Crippen LogP contribution in [0.25, 0.3) is 5.57 Å². The predicted molar refractivity (Wildman–Crippen MR) is 148 cm³/mol. The molecule has 1 saturated heterocycles. The summed E-state index contributed by atoms with van der Waals surface area (Å²) in [6.45, 7) is 9.27. The fourth-order valence-electron chi connectivity index (χ4n) is 4.14. The summed E-state index contributed by atoms with van der Waals surface area (Å²) in [6, 6.07) is 6.34. The van der Waals surface area contributed by atoms with Gasteiger partial charge in [0.25, 0.3) is 5.91 Å². The van der Waals surface area contributed by atoms with Gasteiger partial charge < -0.3 is 25.0 Å². The highest BCUT2D eigenvalue weighted by Gasteiger charge is 2.37. The largest absolute Gasteiger partial charge is 0.495 e. The number of ether oxygens (including phenoxy) is 2. The van der Waals surface area contributed by atoms with Gasteiger partial charge in [-0.15, -0.1) is 0 Å². The van der Waals surface area contributed by atoms with Gasteiger partial charge in [-0.05, 0) is 63.3 Å². The van der Waals surface area contributed by atoms with Gasteiger partial charge in [-0.3, -0.25) is 9.89 Å². The summed E-state index contributed by atoms with van der Waals surface area (Å²) in [5, 5.41) is 12.4. The molecular formula is C28H30F3N7O3. The summed E-state index contributed by atoms with van der Waals surface area (Å²) in [6.07, 6.45) is 1.70. The second-order valence-corrected chi connectivity index (χ2v) is 9.32. The van der Waals surface area contributed by atoms with Crippen molar-refractivity contribution in [3.8, 4) is 11.6 Å². The van der Waals surface area contributed by atoms with Crippen LogP contribution in [0.2, 0.25) is 0 Å². The van der Waals surface area contributed by atoms with E-state index in [-0.39, 0.29) is 35.0 Å². The first-order valence-corrected chi connectivity index (χ1v) is 12.7. The molecule has 2 aromatic heterocycles. The van der Waals surface area contributed by atoms with Crippen molar-refractivity contribution in [3.63, 3.8) is 0 Å². The molecule has 1 aliphatic rings. The van der Waals surface area contributed by atoms with Crippen molar-refractivity contribution in [3.05, 3.63) is 84.5 Å². The van der Waals surface area contributed by atoms with Gasteiger partial charge in [0.05, 0.1) is 18.5 Å². The highest BCUT2D eigenvalue weighted by atomic mass is 19.4. The van der Waals surface area contributed by atoms with E-state index in [1.165, 1.54) is 31.5 Å². The van der Waals surface area contributed by atoms with Crippen molar-refractivity contribution in [2.45, 2.75) is 25.1 Å². The van der Waals surface area contributed by atoms with Gasteiger partial charge in [-0.25, -0.2) is 4.98 Å². The van der Waals surface area contributed by atoms with Crippen LogP contribution in [-0.4, -0.2) is 64.3 Å². The summed E-state index contributed by atoms with van der Waals surface area (Å²) in [5.74, 6) is -0.953. The van der Waals surface area contributed by atoms with Gasteiger partial charge in [0.15, 0.2) is 0 Å². The lowest BCUT2D eigenvalue weighted by Crippen LogP contribution is -2.43. The molecule has 1 fully saturated rings. The van der Waals surface area contributed by atoms with E-state index in [0.717, 1.165) is 25.9 Å². The Hall–Kier alpha value is -4.65. The molecule has 1 amide bonds. The Balaban J connectivity index is 1.57. The minimum Gasteiger partial charge on any atom is -0.495 e. The number of amides is 1. The number of hydrogen-bond acceptors (Lipinski definition) is 8. The second-order valence-electron chi connectivity index (χ2n) is 9.32. The molecule has 0 atom stereocenters. The number of halogens is 3. The highest BCUT2D eigenvalue weighted by molar-refractivity contribution is 5.95. The minimum atomic E-state index is -4.80. The van der Waals surface area contributed by atoms with E-state index in [4.69, 9.17) is 9.47 Å². The molecule has 13 heteroatoms. The van der Waals surface area contributed by atoms with Gasteiger partial charge in [-0.1, -0.05) is 19.2 Å². The SMILES string of the molecule is C=C/C=C(/Oc1nc(Nc2ccc(C(=O)NC3CCN(C)CC3)cc2OC)ncc1C(F)(F)F)C(=C)c1ccn[nH]1. The quantitative estimate of drug-likeness (QED) is 0.232. The Morgan fingerprint density at radius 3 is 2.63 bits per heavy atom. The number of carbonyl (C=O) groups excluding carboxylic acids is 1. The number of benzene rings is 1. The van der Waals surface area contributed by atoms with Crippen molar-refractivity contribution in [2.24, 2.45) is 0 Å². The molecule has 1 aliphatic heterocycles. The number of methoxy groups -OCH3 is 1. The lowest BCUT2D eigenvalue weighted by molar-refractivity contribution is -0.139. The lowest BCUT2D eigenvalue weighted by Gasteiger charge is -2.29. The zero-order chi connectivity index (χ0) is 29.6. The Labute approximate surface area is 235 Å². The number of anilines is 2. The van der Waals surface area contributed by atoms with Gasteiger partial charge in [0.1, 0.15) is 17.1 Å². The maximum Gasteiger partial charge on any atom is 0.423 e. The van der Waals surface area contributed by atoms with Gasteiger partial charge in [0, 0.05) is 29.6 Å². The molecule has 0 aliphatic carbocycles. The maximum atomic E-state index is 13.8. The fourth-order valence-corrected chi connectivity index (χ4v) is 4.14. The van der Waals surface area contributed by atoms with Crippen molar-refractivity contribution < 1.29 is 27.4 Å². The van der Waals surface area contributed by atoms with E-state index < -0.39 is 17.6 Å². The van der Waals surface area contributed by atoms with Crippen molar-refractivity contribution in [1.82, 2.24) is 30.4 Å². The summed E-state index contributed by atoms with van der Waals surface area (Å²) < 4.78 is 52.5. The molecule has 3 N–H and O–H groups in total. The molecule has 41 heavy (non-hydrogen) atoms. The number of piperidine rings is 1. The monoisotopic (exact) mass is 569 g/mol. The number of H-pyrrole nitrogens is 1. The number of hydrogen-bond donors (Lipinski definition) is 3. The third kappa shape index (κ3) is 7.31. The first-order chi connectivity index (χ1) is 19.6. The van der Waals surface area contributed by atoms with Crippen LogP contribution in [0.5, 0.6) is 11.6 Å². The summed E-state index contributed by atoms with van der Waals surface area (Å²) in [5.41, 5.74) is 0.185. The summed E-state index contributed by atoms with van der Waals surface area (Å²) in [7, 11) is 3.45. The molecular weight excluding hydrogens is 539 g/mol. The Morgan fingerprint density at radius 1 is 1.24 bits per heavy atom. The lowest BCUT2D eigenvalue weighted by atomic mass is 10.0. The van der Waals surface area contributed by atoms with E-state index in [1.807, 2.05) is 7.05 Å². The summed E-state index contributed by atoms with van der Waals surface area (Å²) >= 11 is 0. The molecule has 4 rings (SSSR count). The van der Waals surface area contributed by atoms with E-state index in [0.29, 0.717) is 23.1 Å². The second kappa shape index (κ2) is 12.7. The Kier molecular flexibility index (Phi) is 9.07. The number of alkyl halides is 3. The molecule has 216 valence electrons. The van der Waals surface area contributed by atoms with Crippen LogP contribution in [0.3, 0.4) is 0 Å². The first kappa shape index (κ1) is 29.3. The third-order valence-electron chi connectivity index (χ3n) is 6.42. The third-order valence-corrected chi connectivity index (χ3v) is 6.42. The van der Waals surface area contributed by atoms with Crippen LogP contribution in [0.4, 0.5) is 24.8 Å². The molecule has 0 spiro atoms. The van der Waals surface area contributed by atoms with E-state index >= 15 is 0 Å².